The molecule has 0 unspecified atom stereocenters. The molecule has 3 aromatic carbocycles. The predicted molar refractivity (Wildman–Crippen MR) is 127 cm³/mol. The summed E-state index contributed by atoms with van der Waals surface area (Å²) in [5.41, 5.74) is 1.82. The van der Waals surface area contributed by atoms with E-state index >= 15 is 0 Å². The Morgan fingerprint density at radius 2 is 1.76 bits per heavy atom. The first kappa shape index (κ1) is 22.1. The maximum absolute atomic E-state index is 13.4. The first-order chi connectivity index (χ1) is 16.0. The highest BCUT2D eigenvalue weighted by atomic mass is 16.5. The van der Waals surface area contributed by atoms with Gasteiger partial charge in [-0.3, -0.25) is 9.36 Å². The molecule has 0 radical (unpaired) electrons. The van der Waals surface area contributed by atoms with Gasteiger partial charge in [-0.05, 0) is 43.7 Å². The van der Waals surface area contributed by atoms with Crippen molar-refractivity contribution in [2.24, 2.45) is 0 Å². The van der Waals surface area contributed by atoms with Gasteiger partial charge < -0.3 is 14.8 Å². The molecule has 4 aromatic rings. The van der Waals surface area contributed by atoms with Crippen LogP contribution >= 0.6 is 0 Å². The van der Waals surface area contributed by atoms with Crippen molar-refractivity contribution >= 4 is 17.0 Å². The van der Waals surface area contributed by atoms with E-state index < -0.39 is 6.09 Å². The molecule has 0 saturated heterocycles. The molecule has 1 aromatic heterocycles. The van der Waals surface area contributed by atoms with Crippen molar-refractivity contribution in [1.29, 1.82) is 0 Å². The molecule has 1 amide bonds. The van der Waals surface area contributed by atoms with Gasteiger partial charge in [0.1, 0.15) is 18.2 Å². The van der Waals surface area contributed by atoms with Crippen LogP contribution in [0.25, 0.3) is 16.6 Å². The molecule has 0 aliphatic carbocycles. The second kappa shape index (κ2) is 9.99. The summed E-state index contributed by atoms with van der Waals surface area (Å²) in [6.07, 6.45) is -0.600. The van der Waals surface area contributed by atoms with E-state index in [0.29, 0.717) is 28.2 Å². The minimum Gasteiger partial charge on any atom is -0.491 e. The third-order valence-corrected chi connectivity index (χ3v) is 4.90. The van der Waals surface area contributed by atoms with Crippen LogP contribution in [0.5, 0.6) is 5.75 Å². The van der Waals surface area contributed by atoms with Crippen LogP contribution in [0.3, 0.4) is 0 Å². The maximum atomic E-state index is 13.4. The molecule has 0 spiro atoms. The van der Waals surface area contributed by atoms with Crippen LogP contribution < -0.4 is 15.6 Å². The number of aromatic nitrogens is 2. The van der Waals surface area contributed by atoms with Gasteiger partial charge in [0.15, 0.2) is 0 Å². The summed E-state index contributed by atoms with van der Waals surface area (Å²) >= 11 is 0. The third kappa shape index (κ3) is 5.38. The average Bonchev–Trinajstić information content (AvgIpc) is 2.82. The van der Waals surface area contributed by atoms with Crippen LogP contribution in [-0.4, -0.2) is 21.7 Å². The smallest absolute Gasteiger partial charge is 0.407 e. The molecule has 0 aliphatic rings. The van der Waals surface area contributed by atoms with Crippen molar-refractivity contribution in [3.63, 3.8) is 0 Å². The van der Waals surface area contributed by atoms with Crippen molar-refractivity contribution in [1.82, 2.24) is 14.9 Å². The number of fused-ring (bicyclic) bond motifs is 1. The van der Waals surface area contributed by atoms with Crippen LogP contribution in [0.4, 0.5) is 4.79 Å². The van der Waals surface area contributed by atoms with Gasteiger partial charge in [0.25, 0.3) is 5.56 Å². The quantitative estimate of drug-likeness (QED) is 0.451. The Kier molecular flexibility index (Phi) is 6.69. The number of nitrogens with zero attached hydrogens (tertiary/aromatic N) is 2. The van der Waals surface area contributed by atoms with E-state index in [1.807, 2.05) is 68.4 Å². The monoisotopic (exact) mass is 443 g/mol. The number of para-hydroxylation sites is 1. The van der Waals surface area contributed by atoms with Gasteiger partial charge in [-0.25, -0.2) is 9.78 Å². The normalized spacial score (nSPS) is 10.9. The van der Waals surface area contributed by atoms with E-state index in [0.717, 1.165) is 5.56 Å². The van der Waals surface area contributed by atoms with Crippen LogP contribution in [-0.2, 0) is 17.9 Å². The summed E-state index contributed by atoms with van der Waals surface area (Å²) in [6.45, 7) is 4.04. The molecule has 7 heteroatoms. The summed E-state index contributed by atoms with van der Waals surface area (Å²) in [5, 5.41) is 3.19. The number of carbonyl (C=O) groups is 1. The van der Waals surface area contributed by atoms with Gasteiger partial charge >= 0.3 is 6.09 Å². The summed E-state index contributed by atoms with van der Waals surface area (Å²) in [6, 6.07) is 23.8. The van der Waals surface area contributed by atoms with Gasteiger partial charge in [-0.1, -0.05) is 48.5 Å². The molecule has 33 heavy (non-hydrogen) atoms. The minimum atomic E-state index is -0.593. The fourth-order valence-corrected chi connectivity index (χ4v) is 3.46. The summed E-state index contributed by atoms with van der Waals surface area (Å²) in [4.78, 5) is 30.3. The molecule has 0 bridgehead atoms. The topological polar surface area (TPSA) is 82.4 Å². The SMILES string of the molecule is CC(C)Oc1cccc(-n2c(CNC(=O)OCc3ccccc3)nc3ccccc3c2=O)c1. The molecule has 1 N–H and O–H groups in total. The van der Waals surface area contributed by atoms with Crippen LogP contribution in [0.2, 0.25) is 0 Å². The zero-order valence-electron chi connectivity index (χ0n) is 18.5. The Balaban J connectivity index is 1.63. The lowest BCUT2D eigenvalue weighted by atomic mass is 10.2. The Morgan fingerprint density at radius 3 is 2.55 bits per heavy atom. The molecule has 0 aliphatic heterocycles. The number of hydrogen-bond donors (Lipinski definition) is 1. The second-order valence-electron chi connectivity index (χ2n) is 7.76. The highest BCUT2D eigenvalue weighted by molar-refractivity contribution is 5.78. The fraction of sp³-hybridized carbons (Fsp3) is 0.192. The van der Waals surface area contributed by atoms with Crippen molar-refractivity contribution in [2.75, 3.05) is 0 Å². The van der Waals surface area contributed by atoms with E-state index in [1.165, 1.54) is 4.57 Å². The molecule has 4 rings (SSSR count). The van der Waals surface area contributed by atoms with Gasteiger partial charge in [0, 0.05) is 6.07 Å². The number of ether oxygens (including phenoxy) is 2. The van der Waals surface area contributed by atoms with Gasteiger partial charge in [0.05, 0.1) is 29.2 Å². The van der Waals surface area contributed by atoms with Crippen molar-refractivity contribution in [3.8, 4) is 11.4 Å². The van der Waals surface area contributed by atoms with E-state index in [4.69, 9.17) is 9.47 Å². The number of rotatable bonds is 7. The number of nitrogens with one attached hydrogen (secondary N) is 1. The van der Waals surface area contributed by atoms with E-state index in [2.05, 4.69) is 10.3 Å². The fourth-order valence-electron chi connectivity index (χ4n) is 3.46. The predicted octanol–water partition coefficient (Wildman–Crippen LogP) is 4.60. The van der Waals surface area contributed by atoms with E-state index in [-0.39, 0.29) is 24.8 Å². The number of benzene rings is 3. The Hall–Kier alpha value is -4.13. The molecule has 0 fully saturated rings. The van der Waals surface area contributed by atoms with Crippen LogP contribution in [0, 0.1) is 0 Å². The van der Waals surface area contributed by atoms with Gasteiger partial charge in [0.2, 0.25) is 0 Å². The summed E-state index contributed by atoms with van der Waals surface area (Å²) < 4.78 is 12.6. The standard InChI is InChI=1S/C26H25N3O4/c1-18(2)33-21-12-8-11-20(15-21)29-24(28-23-14-7-6-13-22(23)25(29)30)16-27-26(31)32-17-19-9-4-3-5-10-19/h3-15,18H,16-17H2,1-2H3,(H,27,31). The molecule has 0 saturated carbocycles. The Bertz CT molecular complexity index is 1320. The molecular weight excluding hydrogens is 418 g/mol. The largest absolute Gasteiger partial charge is 0.491 e. The molecule has 0 atom stereocenters. The van der Waals surface area contributed by atoms with Gasteiger partial charge in [-0.15, -0.1) is 0 Å². The lowest BCUT2D eigenvalue weighted by Gasteiger charge is -2.16. The molecular formula is C26H25N3O4. The minimum absolute atomic E-state index is 0.00720. The average molecular weight is 444 g/mol. The molecule has 7 nitrogen and oxygen atoms in total. The van der Waals surface area contributed by atoms with Crippen molar-refractivity contribution in [3.05, 3.63) is 101 Å². The van der Waals surface area contributed by atoms with E-state index in [1.54, 1.807) is 24.3 Å². The zero-order chi connectivity index (χ0) is 23.2. The molecule has 1 heterocycles. The number of alkyl carbamates (subject to hydrolysis) is 1. The Morgan fingerprint density at radius 1 is 1.00 bits per heavy atom. The second-order valence-corrected chi connectivity index (χ2v) is 7.76. The van der Waals surface area contributed by atoms with Crippen LogP contribution in [0.1, 0.15) is 25.2 Å². The van der Waals surface area contributed by atoms with Crippen molar-refractivity contribution in [2.45, 2.75) is 33.1 Å². The highest BCUT2D eigenvalue weighted by Crippen LogP contribution is 2.19. The van der Waals surface area contributed by atoms with Crippen LogP contribution in [0.15, 0.2) is 83.7 Å². The number of carbonyl (C=O) groups excluding carboxylic acids is 1. The van der Waals surface area contributed by atoms with E-state index in [9.17, 15) is 9.59 Å². The first-order valence-electron chi connectivity index (χ1n) is 10.7. The zero-order valence-corrected chi connectivity index (χ0v) is 18.5. The number of hydrogen-bond acceptors (Lipinski definition) is 5. The lowest BCUT2D eigenvalue weighted by molar-refractivity contribution is 0.139. The van der Waals surface area contributed by atoms with Crippen molar-refractivity contribution < 1.29 is 14.3 Å². The summed E-state index contributed by atoms with van der Waals surface area (Å²) in [5.74, 6) is 1.03. The number of amides is 1. The van der Waals surface area contributed by atoms with Gasteiger partial charge in [-0.2, -0.15) is 0 Å². The lowest BCUT2D eigenvalue weighted by Crippen LogP contribution is -2.30. The third-order valence-electron chi connectivity index (χ3n) is 4.90. The highest BCUT2D eigenvalue weighted by Gasteiger charge is 2.15. The summed E-state index contributed by atoms with van der Waals surface area (Å²) in [7, 11) is 0. The first-order valence-corrected chi connectivity index (χ1v) is 10.7. The molecule has 168 valence electrons. The Labute approximate surface area is 191 Å². The maximum Gasteiger partial charge on any atom is 0.407 e.